The van der Waals surface area contributed by atoms with Gasteiger partial charge < -0.3 is 9.47 Å². The van der Waals surface area contributed by atoms with Gasteiger partial charge in [0.2, 0.25) is 0 Å². The molecule has 2 aliphatic rings. The number of fused-ring (bicyclic) bond motifs is 1. The van der Waals surface area contributed by atoms with Crippen LogP contribution in [0.1, 0.15) is 25.3 Å². The minimum Gasteiger partial charge on any atom is -0.314 e. The van der Waals surface area contributed by atoms with Crippen molar-refractivity contribution >= 4 is 5.84 Å². The fourth-order valence-electron chi connectivity index (χ4n) is 4.01. The van der Waals surface area contributed by atoms with E-state index in [2.05, 4.69) is 17.1 Å². The number of nitrogens with two attached hydrogens (primary N) is 1. The van der Waals surface area contributed by atoms with Crippen molar-refractivity contribution in [3.8, 4) is 12.1 Å². The summed E-state index contributed by atoms with van der Waals surface area (Å²) in [4.78, 5) is 2.89. The van der Waals surface area contributed by atoms with Crippen molar-refractivity contribution in [1.82, 2.24) is 0 Å². The van der Waals surface area contributed by atoms with E-state index in [1.54, 1.807) is 26.0 Å². The number of halogens is 1. The molecule has 0 spiro atoms. The van der Waals surface area contributed by atoms with E-state index in [0.29, 0.717) is 5.56 Å². The van der Waals surface area contributed by atoms with Crippen LogP contribution in [0.3, 0.4) is 0 Å². The van der Waals surface area contributed by atoms with Gasteiger partial charge in [0.25, 0.3) is 5.84 Å². The van der Waals surface area contributed by atoms with Gasteiger partial charge in [0.1, 0.15) is 5.82 Å². The number of benzene rings is 1. The minimum absolute atomic E-state index is 0.141. The molecule has 3 atom stereocenters. The van der Waals surface area contributed by atoms with Crippen LogP contribution < -0.4 is 10.7 Å². The third-order valence-corrected chi connectivity index (χ3v) is 4.90. The number of nitrogens with one attached hydrogen (secondary N) is 1. The first-order valence-corrected chi connectivity index (χ1v) is 7.76. The molecule has 1 saturated carbocycles. The molecule has 1 heterocycles. The van der Waals surface area contributed by atoms with Crippen LogP contribution in [0.4, 0.5) is 4.39 Å². The number of ether oxygens (including phenoxy) is 2. The van der Waals surface area contributed by atoms with E-state index in [0.717, 1.165) is 0 Å². The molecule has 0 bridgehead atoms. The Morgan fingerprint density at radius 2 is 1.75 bits per heavy atom. The van der Waals surface area contributed by atoms with Gasteiger partial charge in [-0.1, -0.05) is 12.1 Å². The van der Waals surface area contributed by atoms with E-state index in [4.69, 9.17) is 15.2 Å². The van der Waals surface area contributed by atoms with Gasteiger partial charge in [0.05, 0.1) is 25.4 Å². The normalized spacial score (nSPS) is 32.4. The van der Waals surface area contributed by atoms with Gasteiger partial charge >= 0.3 is 5.91 Å². The number of rotatable bonds is 5. The molecule has 6 nitrogen and oxygen atoms in total. The Hall–Kier alpha value is -2.48. The molecule has 1 aliphatic carbocycles. The molecule has 3 unspecified atom stereocenters. The lowest BCUT2D eigenvalue weighted by Gasteiger charge is -2.29. The quantitative estimate of drug-likeness (QED) is 0.747. The van der Waals surface area contributed by atoms with Crippen molar-refractivity contribution in [2.24, 2.45) is 16.6 Å². The van der Waals surface area contributed by atoms with Crippen LogP contribution in [0.15, 0.2) is 24.3 Å². The average Bonchev–Trinajstić information content (AvgIpc) is 3.15. The summed E-state index contributed by atoms with van der Waals surface area (Å²) in [5.74, 6) is -2.33. The molecule has 24 heavy (non-hydrogen) atoms. The fraction of sp³-hybridized carbons (Fsp3) is 0.471. The second-order valence-electron chi connectivity index (χ2n) is 5.85. The van der Waals surface area contributed by atoms with Crippen LogP contribution in [-0.2, 0) is 9.47 Å². The highest BCUT2D eigenvalue weighted by atomic mass is 19.1. The monoisotopic (exact) mass is 329 g/mol. The summed E-state index contributed by atoms with van der Waals surface area (Å²) in [6.07, 6.45) is 0. The standard InChI is InChI=1S/C17H17FN4O2/c1-3-23-17(24-4-2)16(10-20)13(11-5-7-12(18)8-6-11)15(16,9-19)14(21)22-17/h5-8,13H,3-4H2,1-2H3,(H2,21,22)/p+1. The average molecular weight is 329 g/mol. The lowest BCUT2D eigenvalue weighted by Crippen LogP contribution is -2.91. The molecular formula is C17H18FN4O2+. The molecule has 1 aromatic carbocycles. The molecular weight excluding hydrogens is 311 g/mol. The van der Waals surface area contributed by atoms with Crippen molar-refractivity contribution in [3.05, 3.63) is 35.6 Å². The van der Waals surface area contributed by atoms with Crippen LogP contribution in [0.25, 0.3) is 0 Å². The minimum atomic E-state index is -1.51. The van der Waals surface area contributed by atoms with E-state index in [1.165, 1.54) is 12.1 Å². The van der Waals surface area contributed by atoms with E-state index >= 15 is 0 Å². The number of hydrogen-bond acceptors (Lipinski definition) is 5. The summed E-state index contributed by atoms with van der Waals surface area (Å²) in [6.45, 7) is 4.07. The van der Waals surface area contributed by atoms with Crippen molar-refractivity contribution < 1.29 is 18.9 Å². The van der Waals surface area contributed by atoms with Crippen LogP contribution in [0.2, 0.25) is 0 Å². The molecule has 7 heteroatoms. The lowest BCUT2D eigenvalue weighted by atomic mass is 9.93. The zero-order valence-electron chi connectivity index (χ0n) is 13.5. The van der Waals surface area contributed by atoms with E-state index < -0.39 is 28.5 Å². The molecule has 0 saturated heterocycles. The van der Waals surface area contributed by atoms with Crippen molar-refractivity contribution in [2.75, 3.05) is 13.2 Å². The fourth-order valence-corrected chi connectivity index (χ4v) is 4.01. The van der Waals surface area contributed by atoms with Crippen LogP contribution in [0, 0.1) is 39.3 Å². The Morgan fingerprint density at radius 1 is 1.17 bits per heavy atom. The Morgan fingerprint density at radius 3 is 2.21 bits per heavy atom. The molecule has 3 N–H and O–H groups in total. The molecule has 124 valence electrons. The lowest BCUT2D eigenvalue weighted by molar-refractivity contribution is -0.693. The number of amidine groups is 1. The molecule has 0 radical (unpaired) electrons. The first-order valence-electron chi connectivity index (χ1n) is 7.76. The van der Waals surface area contributed by atoms with Gasteiger partial charge in [0.15, 0.2) is 10.8 Å². The zero-order valence-corrected chi connectivity index (χ0v) is 13.5. The Kier molecular flexibility index (Phi) is 3.60. The predicted molar refractivity (Wildman–Crippen MR) is 81.4 cm³/mol. The highest BCUT2D eigenvalue weighted by molar-refractivity contribution is 5.95. The molecule has 0 amide bonds. The molecule has 1 aromatic rings. The Bertz CT molecular complexity index is 773. The van der Waals surface area contributed by atoms with E-state index in [9.17, 15) is 14.9 Å². The first kappa shape index (κ1) is 16.4. The second kappa shape index (κ2) is 5.27. The number of nitrogens with zero attached hydrogens (tertiary/aromatic N) is 2. The van der Waals surface area contributed by atoms with Crippen LogP contribution in [0.5, 0.6) is 0 Å². The first-order chi connectivity index (χ1) is 11.5. The largest absolute Gasteiger partial charge is 0.343 e. The van der Waals surface area contributed by atoms with Gasteiger partial charge in [-0.05, 0) is 31.5 Å². The van der Waals surface area contributed by atoms with E-state index in [1.807, 2.05) is 0 Å². The molecule has 0 aromatic heterocycles. The summed E-state index contributed by atoms with van der Waals surface area (Å²) in [5.41, 5.74) is 4.13. The van der Waals surface area contributed by atoms with Crippen molar-refractivity contribution in [3.63, 3.8) is 0 Å². The van der Waals surface area contributed by atoms with Gasteiger partial charge in [-0.15, -0.1) is 0 Å². The summed E-state index contributed by atoms with van der Waals surface area (Å²) >= 11 is 0. The third kappa shape index (κ3) is 1.61. The highest BCUT2D eigenvalue weighted by Crippen LogP contribution is 2.78. The SMILES string of the molecule is CCOC1(OCC)[NH+]=C(N)C2(C#N)C(c3ccc(F)cc3)C12C#N. The van der Waals surface area contributed by atoms with Gasteiger partial charge in [0, 0.05) is 5.92 Å². The highest BCUT2D eigenvalue weighted by Gasteiger charge is 2.97. The smallest absolute Gasteiger partial charge is 0.314 e. The summed E-state index contributed by atoms with van der Waals surface area (Å²) < 4.78 is 24.8. The van der Waals surface area contributed by atoms with Gasteiger partial charge in [-0.25, -0.2) is 9.38 Å². The summed E-state index contributed by atoms with van der Waals surface area (Å²) in [6, 6.07) is 10.1. The van der Waals surface area contributed by atoms with Crippen LogP contribution in [-0.4, -0.2) is 25.0 Å². The topological polar surface area (TPSA) is 106 Å². The maximum Gasteiger partial charge on any atom is 0.343 e. The molecule has 1 aliphatic heterocycles. The Balaban J connectivity index is 2.21. The molecule has 1 fully saturated rings. The van der Waals surface area contributed by atoms with Crippen molar-refractivity contribution in [1.29, 1.82) is 10.5 Å². The number of nitriles is 2. The Labute approximate surface area is 139 Å². The summed E-state index contributed by atoms with van der Waals surface area (Å²) in [7, 11) is 0. The van der Waals surface area contributed by atoms with Gasteiger partial charge in [-0.3, -0.25) is 5.73 Å². The number of hydrogen-bond donors (Lipinski definition) is 2. The maximum absolute atomic E-state index is 13.3. The third-order valence-electron chi connectivity index (χ3n) is 4.90. The summed E-state index contributed by atoms with van der Waals surface area (Å²) in [5, 5.41) is 19.9. The second-order valence-corrected chi connectivity index (χ2v) is 5.85. The zero-order chi connectivity index (χ0) is 17.6. The predicted octanol–water partition coefficient (Wildman–Crippen LogP) is 0.121. The maximum atomic E-state index is 13.3. The van der Waals surface area contributed by atoms with Crippen LogP contribution >= 0.6 is 0 Å². The van der Waals surface area contributed by atoms with Crippen molar-refractivity contribution in [2.45, 2.75) is 25.7 Å². The molecule has 3 rings (SSSR count). The van der Waals surface area contributed by atoms with E-state index in [-0.39, 0.29) is 19.0 Å². The van der Waals surface area contributed by atoms with Gasteiger partial charge in [-0.2, -0.15) is 10.5 Å².